The zero-order valence-corrected chi connectivity index (χ0v) is 23.5. The molecule has 2 aromatic carbocycles. The quantitative estimate of drug-likeness (QED) is 0.491. The first-order chi connectivity index (χ1) is 16.7. The number of nitrogens with zero attached hydrogens (tertiary/aromatic N) is 2. The summed E-state index contributed by atoms with van der Waals surface area (Å²) < 4.78 is 31.8. The number of hydrogen-bond acceptors (Lipinski definition) is 5. The van der Waals surface area contributed by atoms with Crippen molar-refractivity contribution in [3.05, 3.63) is 58.6 Å². The molecule has 1 N–H and O–H groups in total. The summed E-state index contributed by atoms with van der Waals surface area (Å²) >= 11 is 6.14. The summed E-state index contributed by atoms with van der Waals surface area (Å²) in [7, 11) is -2.28. The summed E-state index contributed by atoms with van der Waals surface area (Å²) in [6, 6.07) is 11.2. The first-order valence-corrected chi connectivity index (χ1v) is 13.9. The number of aryl methyl sites for hydroxylation is 1. The molecule has 2 aromatic rings. The van der Waals surface area contributed by atoms with E-state index in [9.17, 15) is 18.0 Å². The van der Waals surface area contributed by atoms with Crippen LogP contribution in [0.25, 0.3) is 0 Å². The van der Waals surface area contributed by atoms with Crippen LogP contribution in [-0.4, -0.2) is 56.6 Å². The van der Waals surface area contributed by atoms with Crippen LogP contribution in [0.5, 0.6) is 5.75 Å². The van der Waals surface area contributed by atoms with Crippen LogP contribution in [0.3, 0.4) is 0 Å². The van der Waals surface area contributed by atoms with E-state index >= 15 is 0 Å². The summed E-state index contributed by atoms with van der Waals surface area (Å²) in [5.74, 6) is -0.156. The van der Waals surface area contributed by atoms with Crippen molar-refractivity contribution in [3.63, 3.8) is 0 Å². The zero-order valence-electron chi connectivity index (χ0n) is 22.0. The van der Waals surface area contributed by atoms with Crippen molar-refractivity contribution in [1.29, 1.82) is 0 Å². The Bertz CT molecular complexity index is 1180. The first kappa shape index (κ1) is 29.5. The Balaban J connectivity index is 2.50. The van der Waals surface area contributed by atoms with Gasteiger partial charge in [-0.1, -0.05) is 36.7 Å². The lowest BCUT2D eigenvalue weighted by Crippen LogP contribution is -2.55. The molecule has 0 aliphatic carbocycles. The molecule has 2 amide bonds. The fourth-order valence-corrected chi connectivity index (χ4v) is 4.81. The molecule has 0 saturated heterocycles. The molecule has 0 fully saturated rings. The topological polar surface area (TPSA) is 96.0 Å². The van der Waals surface area contributed by atoms with E-state index in [0.29, 0.717) is 28.4 Å². The van der Waals surface area contributed by atoms with Crippen molar-refractivity contribution >= 4 is 39.1 Å². The van der Waals surface area contributed by atoms with E-state index in [-0.39, 0.29) is 12.5 Å². The molecule has 8 nitrogen and oxygen atoms in total. The molecule has 0 radical (unpaired) electrons. The van der Waals surface area contributed by atoms with Gasteiger partial charge >= 0.3 is 0 Å². The molecule has 0 saturated carbocycles. The van der Waals surface area contributed by atoms with E-state index < -0.39 is 34.1 Å². The number of ether oxygens (including phenoxy) is 1. The predicted octanol–water partition coefficient (Wildman–Crippen LogP) is 4.15. The molecular formula is C26H36ClN3O5S. The lowest BCUT2D eigenvalue weighted by Gasteiger charge is -2.34. The van der Waals surface area contributed by atoms with Crippen molar-refractivity contribution in [2.24, 2.45) is 0 Å². The highest BCUT2D eigenvalue weighted by Gasteiger charge is 2.33. The monoisotopic (exact) mass is 537 g/mol. The zero-order chi connectivity index (χ0) is 27.3. The van der Waals surface area contributed by atoms with Crippen LogP contribution in [0.1, 0.15) is 45.2 Å². The first-order valence-electron chi connectivity index (χ1n) is 11.6. The highest BCUT2D eigenvalue weighted by Crippen LogP contribution is 2.27. The van der Waals surface area contributed by atoms with Crippen LogP contribution >= 0.6 is 11.6 Å². The molecule has 10 heteroatoms. The standard InChI is InChI=1S/C26H36ClN3O5S/c1-8-22(25(32)28-26(3,4)5)29(16-19-10-13-21(35-6)14-11-19)24(31)17-30(36(7,33)34)23-15-20(27)12-9-18(23)2/h9-15,22H,8,16-17H2,1-7H3,(H,28,32)/t22-/m1/s1. The van der Waals surface area contributed by atoms with Crippen LogP contribution in [0.4, 0.5) is 5.69 Å². The van der Waals surface area contributed by atoms with Crippen molar-refractivity contribution in [2.75, 3.05) is 24.2 Å². The molecule has 0 spiro atoms. The molecule has 0 unspecified atom stereocenters. The Morgan fingerprint density at radius 3 is 2.22 bits per heavy atom. The van der Waals surface area contributed by atoms with Gasteiger partial charge in [0.15, 0.2) is 0 Å². The van der Waals surface area contributed by atoms with Crippen molar-refractivity contribution < 1.29 is 22.7 Å². The Morgan fingerprint density at radius 1 is 1.11 bits per heavy atom. The largest absolute Gasteiger partial charge is 0.497 e. The number of carbonyl (C=O) groups is 2. The molecule has 2 rings (SSSR count). The average Bonchev–Trinajstić information content (AvgIpc) is 2.77. The molecule has 0 aliphatic rings. The Labute approximate surface area is 219 Å². The summed E-state index contributed by atoms with van der Waals surface area (Å²) in [4.78, 5) is 28.4. The normalized spacial score (nSPS) is 12.6. The number of anilines is 1. The number of methoxy groups -OCH3 is 1. The highest BCUT2D eigenvalue weighted by atomic mass is 35.5. The van der Waals surface area contributed by atoms with Gasteiger partial charge in [-0.15, -0.1) is 0 Å². The third-order valence-corrected chi connectivity index (χ3v) is 6.88. The van der Waals surface area contributed by atoms with Crippen molar-refractivity contribution in [3.8, 4) is 5.75 Å². The maximum absolute atomic E-state index is 13.7. The van der Waals surface area contributed by atoms with E-state index in [0.717, 1.165) is 16.1 Å². The Kier molecular flexibility index (Phi) is 9.79. The van der Waals surface area contributed by atoms with Crippen molar-refractivity contribution in [2.45, 2.75) is 59.2 Å². The van der Waals surface area contributed by atoms with Gasteiger partial charge in [0, 0.05) is 17.1 Å². The smallest absolute Gasteiger partial charge is 0.244 e. The SMILES string of the molecule is CC[C@H](C(=O)NC(C)(C)C)N(Cc1ccc(OC)cc1)C(=O)CN(c1cc(Cl)ccc1C)S(C)(=O)=O. The van der Waals surface area contributed by atoms with Gasteiger partial charge in [0.2, 0.25) is 21.8 Å². The average molecular weight is 538 g/mol. The maximum atomic E-state index is 13.7. The number of nitrogens with one attached hydrogen (secondary N) is 1. The van der Waals surface area contributed by atoms with Gasteiger partial charge in [0.1, 0.15) is 18.3 Å². The molecule has 36 heavy (non-hydrogen) atoms. The van der Waals surface area contributed by atoms with Gasteiger partial charge in [0.25, 0.3) is 0 Å². The lowest BCUT2D eigenvalue weighted by molar-refractivity contribution is -0.141. The van der Waals surface area contributed by atoms with E-state index in [2.05, 4.69) is 5.32 Å². The number of hydrogen-bond donors (Lipinski definition) is 1. The third-order valence-electron chi connectivity index (χ3n) is 5.52. The number of carbonyl (C=O) groups excluding carboxylic acids is 2. The van der Waals surface area contributed by atoms with E-state index in [1.807, 2.05) is 39.8 Å². The number of rotatable bonds is 10. The van der Waals surface area contributed by atoms with Gasteiger partial charge in [-0.3, -0.25) is 13.9 Å². The molecular weight excluding hydrogens is 502 g/mol. The molecule has 0 heterocycles. The molecule has 0 aliphatic heterocycles. The highest BCUT2D eigenvalue weighted by molar-refractivity contribution is 7.92. The van der Waals surface area contributed by atoms with Crippen LogP contribution in [0.2, 0.25) is 5.02 Å². The second-order valence-electron chi connectivity index (χ2n) is 9.73. The van der Waals surface area contributed by atoms with Crippen LogP contribution in [-0.2, 0) is 26.2 Å². The minimum absolute atomic E-state index is 0.116. The van der Waals surface area contributed by atoms with Gasteiger partial charge in [-0.2, -0.15) is 0 Å². The number of halogens is 1. The van der Waals surface area contributed by atoms with Gasteiger partial charge < -0.3 is 15.0 Å². The van der Waals surface area contributed by atoms with Crippen LogP contribution < -0.4 is 14.4 Å². The minimum Gasteiger partial charge on any atom is -0.497 e. The third kappa shape index (κ3) is 8.13. The predicted molar refractivity (Wildman–Crippen MR) is 144 cm³/mol. The second kappa shape index (κ2) is 12.0. The second-order valence-corrected chi connectivity index (χ2v) is 12.1. The molecule has 198 valence electrons. The van der Waals surface area contributed by atoms with Crippen LogP contribution in [0.15, 0.2) is 42.5 Å². The summed E-state index contributed by atoms with van der Waals surface area (Å²) in [5.41, 5.74) is 1.23. The molecule has 0 bridgehead atoms. The number of sulfonamides is 1. The molecule has 1 atom stereocenters. The summed E-state index contributed by atoms with van der Waals surface area (Å²) in [6.45, 7) is 8.79. The summed E-state index contributed by atoms with van der Waals surface area (Å²) in [6.07, 6.45) is 1.39. The maximum Gasteiger partial charge on any atom is 0.244 e. The molecule has 0 aromatic heterocycles. The van der Waals surface area contributed by atoms with Gasteiger partial charge in [0.05, 0.1) is 19.1 Å². The lowest BCUT2D eigenvalue weighted by atomic mass is 10.1. The van der Waals surface area contributed by atoms with Crippen LogP contribution in [0, 0.1) is 6.92 Å². The van der Waals surface area contributed by atoms with E-state index in [1.165, 1.54) is 11.0 Å². The Hall–Kier alpha value is -2.78. The van der Waals surface area contributed by atoms with Crippen molar-refractivity contribution in [1.82, 2.24) is 10.2 Å². The van der Waals surface area contributed by atoms with Gasteiger partial charge in [-0.25, -0.2) is 8.42 Å². The van der Waals surface area contributed by atoms with E-state index in [4.69, 9.17) is 16.3 Å². The Morgan fingerprint density at radius 2 is 1.72 bits per heavy atom. The van der Waals surface area contributed by atoms with Gasteiger partial charge in [-0.05, 0) is 69.5 Å². The fraction of sp³-hybridized carbons (Fsp3) is 0.462. The minimum atomic E-state index is -3.84. The summed E-state index contributed by atoms with van der Waals surface area (Å²) in [5, 5.41) is 3.29. The number of benzene rings is 2. The van der Waals surface area contributed by atoms with E-state index in [1.54, 1.807) is 38.3 Å². The fourth-order valence-electron chi connectivity index (χ4n) is 3.75. The number of amides is 2.